The lowest BCUT2D eigenvalue weighted by Crippen LogP contribution is -2.38. The normalized spacial score (nSPS) is 31.3. The first-order valence-corrected chi connectivity index (χ1v) is 12.4. The topological polar surface area (TPSA) is 119 Å². The molecule has 2 N–H and O–H groups in total. The second-order valence-corrected chi connectivity index (χ2v) is 9.62. The van der Waals surface area contributed by atoms with Gasteiger partial charge in [0, 0.05) is 38.4 Å². The van der Waals surface area contributed by atoms with Crippen LogP contribution in [0.3, 0.4) is 0 Å². The lowest BCUT2D eigenvalue weighted by molar-refractivity contribution is -0.145. The predicted molar refractivity (Wildman–Crippen MR) is 131 cm³/mol. The van der Waals surface area contributed by atoms with Crippen molar-refractivity contribution >= 4 is 23.6 Å². The van der Waals surface area contributed by atoms with E-state index in [1.54, 1.807) is 27.0 Å². The van der Waals surface area contributed by atoms with E-state index < -0.39 is 30.2 Å². The number of imide groups is 1. The van der Waals surface area contributed by atoms with Crippen molar-refractivity contribution in [1.29, 1.82) is 0 Å². The zero-order valence-electron chi connectivity index (χ0n) is 21.2. The van der Waals surface area contributed by atoms with E-state index >= 15 is 0 Å². The molecule has 8 heteroatoms. The first-order chi connectivity index (χ1) is 16.6. The molecule has 0 aromatic heterocycles. The average molecular weight is 490 g/mol. The van der Waals surface area contributed by atoms with Gasteiger partial charge in [0.1, 0.15) is 18.0 Å². The summed E-state index contributed by atoms with van der Waals surface area (Å²) in [6.07, 6.45) is 9.96. The number of carbonyl (C=O) groups is 4. The number of aliphatic hydroxyl groups is 1. The minimum atomic E-state index is -0.803. The standard InChI is InChI=1S/C27H39NO7/c1-17-14-18(2)27(35-25(32)13-8-6-5-7-12-22(34-4)26(17)33)19(3)21(29)11-9-10-20-15-23(30)28-24(31)16-20/h7-8,12-14,17,19-20,22,26-27,33H,5-6,9-11,15-16H2,1-4H3,(H,28,30,31)/b12-7-,13-8-,18-14+/t17-,19-,22?,26+,27+/m1/s1. The van der Waals surface area contributed by atoms with E-state index in [1.807, 2.05) is 25.2 Å². The zero-order valence-corrected chi connectivity index (χ0v) is 21.2. The van der Waals surface area contributed by atoms with Crippen molar-refractivity contribution < 1.29 is 33.8 Å². The molecule has 194 valence electrons. The average Bonchev–Trinajstić information content (AvgIpc) is 2.79. The number of Topliss-reactive ketones (excluding diaryl/α,β-unsaturated/α-hetero) is 1. The lowest BCUT2D eigenvalue weighted by atomic mass is 9.86. The number of esters is 1. The molecule has 0 bridgehead atoms. The van der Waals surface area contributed by atoms with Crippen LogP contribution in [0.15, 0.2) is 36.0 Å². The van der Waals surface area contributed by atoms with Gasteiger partial charge in [-0.05, 0) is 44.1 Å². The molecule has 1 fully saturated rings. The van der Waals surface area contributed by atoms with Crippen molar-refractivity contribution in [2.75, 3.05) is 7.11 Å². The molecule has 35 heavy (non-hydrogen) atoms. The van der Waals surface area contributed by atoms with Crippen LogP contribution in [0.1, 0.15) is 65.7 Å². The Bertz CT molecular complexity index is 844. The van der Waals surface area contributed by atoms with E-state index in [0.29, 0.717) is 44.1 Å². The minimum absolute atomic E-state index is 0.0524. The molecule has 8 nitrogen and oxygen atoms in total. The number of hydrogen-bond donors (Lipinski definition) is 2. The summed E-state index contributed by atoms with van der Waals surface area (Å²) >= 11 is 0. The number of ketones is 1. The van der Waals surface area contributed by atoms with Gasteiger partial charge in [0.05, 0.1) is 12.0 Å². The molecule has 2 amide bonds. The molecule has 0 spiro atoms. The third-order valence-corrected chi connectivity index (χ3v) is 6.67. The summed E-state index contributed by atoms with van der Waals surface area (Å²) in [5, 5.41) is 13.1. The van der Waals surface area contributed by atoms with Crippen LogP contribution in [0.5, 0.6) is 0 Å². The molecule has 0 aliphatic carbocycles. The van der Waals surface area contributed by atoms with Crippen LogP contribution in [0.4, 0.5) is 0 Å². The first kappa shape index (κ1) is 28.7. The summed E-state index contributed by atoms with van der Waals surface area (Å²) in [5.74, 6) is -2.06. The Labute approximate surface area is 207 Å². The van der Waals surface area contributed by atoms with Gasteiger partial charge in [0.15, 0.2) is 0 Å². The molecule has 2 heterocycles. The molecule has 2 aliphatic heterocycles. The highest BCUT2D eigenvalue weighted by Crippen LogP contribution is 2.25. The van der Waals surface area contributed by atoms with Crippen molar-refractivity contribution in [3.63, 3.8) is 0 Å². The number of allylic oxidation sites excluding steroid dienone is 2. The Hall–Kier alpha value is -2.58. The summed E-state index contributed by atoms with van der Waals surface area (Å²) in [5.41, 5.74) is 0.685. The number of carbonyl (C=O) groups excluding carboxylic acids is 4. The molecule has 1 saturated heterocycles. The number of hydrogen-bond acceptors (Lipinski definition) is 7. The van der Waals surface area contributed by atoms with Crippen LogP contribution >= 0.6 is 0 Å². The number of nitrogens with one attached hydrogen (secondary N) is 1. The largest absolute Gasteiger partial charge is 0.454 e. The SMILES string of the molecule is COC1/C=C\CC/C=C\C(=O)O[C@H]([C@H](C)C(=O)CCCC2CC(=O)NC(=O)C2)/C(C)=C/[C@@H](C)[C@@H]1O. The Kier molecular flexibility index (Phi) is 11.5. The number of amides is 2. The van der Waals surface area contributed by atoms with Gasteiger partial charge < -0.3 is 14.6 Å². The van der Waals surface area contributed by atoms with Gasteiger partial charge in [-0.3, -0.25) is 19.7 Å². The molecule has 0 radical (unpaired) electrons. The molecule has 5 atom stereocenters. The molecule has 0 aromatic carbocycles. The monoisotopic (exact) mass is 489 g/mol. The Morgan fingerprint density at radius 3 is 2.51 bits per heavy atom. The quantitative estimate of drug-likeness (QED) is 0.320. The van der Waals surface area contributed by atoms with Crippen LogP contribution < -0.4 is 5.32 Å². The number of cyclic esters (lactones) is 1. The van der Waals surface area contributed by atoms with Crippen LogP contribution in [0, 0.1) is 17.8 Å². The van der Waals surface area contributed by atoms with Gasteiger partial charge >= 0.3 is 5.97 Å². The first-order valence-electron chi connectivity index (χ1n) is 12.4. The fourth-order valence-electron chi connectivity index (χ4n) is 4.61. The second-order valence-electron chi connectivity index (χ2n) is 9.62. The van der Waals surface area contributed by atoms with E-state index in [-0.39, 0.29) is 35.9 Å². The summed E-state index contributed by atoms with van der Waals surface area (Å²) < 4.78 is 11.1. The second kappa shape index (κ2) is 14.1. The molecule has 2 aliphatic rings. The molecule has 1 unspecified atom stereocenters. The van der Waals surface area contributed by atoms with E-state index in [9.17, 15) is 24.3 Å². The van der Waals surface area contributed by atoms with Gasteiger partial charge in [-0.2, -0.15) is 0 Å². The van der Waals surface area contributed by atoms with Gasteiger partial charge in [0.2, 0.25) is 11.8 Å². The highest BCUT2D eigenvalue weighted by molar-refractivity contribution is 5.97. The summed E-state index contributed by atoms with van der Waals surface area (Å²) in [6.45, 7) is 5.39. The fourth-order valence-corrected chi connectivity index (χ4v) is 4.61. The number of methoxy groups -OCH3 is 1. The Morgan fingerprint density at radius 1 is 1.20 bits per heavy atom. The van der Waals surface area contributed by atoms with Gasteiger partial charge in [0.25, 0.3) is 0 Å². The molecule has 2 rings (SSSR count). The molecular weight excluding hydrogens is 450 g/mol. The summed E-state index contributed by atoms with van der Waals surface area (Å²) in [4.78, 5) is 48.6. The Morgan fingerprint density at radius 2 is 1.86 bits per heavy atom. The van der Waals surface area contributed by atoms with Crippen molar-refractivity contribution in [2.45, 2.75) is 84.0 Å². The highest BCUT2D eigenvalue weighted by atomic mass is 16.5. The summed E-state index contributed by atoms with van der Waals surface area (Å²) in [6, 6.07) is 0. The smallest absolute Gasteiger partial charge is 0.331 e. The molecular formula is C27H39NO7. The molecule has 0 aromatic rings. The van der Waals surface area contributed by atoms with Crippen molar-refractivity contribution in [2.24, 2.45) is 17.8 Å². The maximum absolute atomic E-state index is 13.0. The lowest BCUT2D eigenvalue weighted by Gasteiger charge is -2.27. The maximum atomic E-state index is 13.0. The van der Waals surface area contributed by atoms with Gasteiger partial charge in [-0.1, -0.05) is 38.2 Å². The van der Waals surface area contributed by atoms with E-state index in [0.717, 1.165) is 0 Å². The van der Waals surface area contributed by atoms with Crippen LogP contribution in [0.2, 0.25) is 0 Å². The van der Waals surface area contributed by atoms with E-state index in [2.05, 4.69) is 5.32 Å². The predicted octanol–water partition coefficient (Wildman–Crippen LogP) is 3.19. The maximum Gasteiger partial charge on any atom is 0.331 e. The van der Waals surface area contributed by atoms with E-state index in [4.69, 9.17) is 9.47 Å². The zero-order chi connectivity index (χ0) is 26.0. The third-order valence-electron chi connectivity index (χ3n) is 6.67. The van der Waals surface area contributed by atoms with Crippen molar-refractivity contribution in [3.05, 3.63) is 36.0 Å². The van der Waals surface area contributed by atoms with Crippen LogP contribution in [-0.2, 0) is 28.7 Å². The van der Waals surface area contributed by atoms with Gasteiger partial charge in [-0.15, -0.1) is 0 Å². The number of ether oxygens (including phenoxy) is 2. The summed E-state index contributed by atoms with van der Waals surface area (Å²) in [7, 11) is 1.55. The number of aliphatic hydroxyl groups excluding tert-OH is 1. The van der Waals surface area contributed by atoms with Crippen molar-refractivity contribution in [1.82, 2.24) is 5.32 Å². The van der Waals surface area contributed by atoms with E-state index in [1.165, 1.54) is 6.08 Å². The van der Waals surface area contributed by atoms with Gasteiger partial charge in [-0.25, -0.2) is 4.79 Å². The van der Waals surface area contributed by atoms with Crippen molar-refractivity contribution in [3.8, 4) is 0 Å². The third kappa shape index (κ3) is 9.18. The fraction of sp³-hybridized carbons (Fsp3) is 0.630. The highest BCUT2D eigenvalue weighted by Gasteiger charge is 2.31. The minimum Gasteiger partial charge on any atom is -0.454 e. The molecule has 0 saturated carbocycles. The van der Waals surface area contributed by atoms with Crippen LogP contribution in [0.25, 0.3) is 0 Å². The number of piperidine rings is 1. The Balaban J connectivity index is 2.11. The van der Waals surface area contributed by atoms with Crippen LogP contribution in [-0.4, -0.2) is 54.1 Å². The number of rotatable bonds is 7.